The van der Waals surface area contributed by atoms with Gasteiger partial charge < -0.3 is 14.7 Å². The smallest absolute Gasteiger partial charge is 0.255 e. The first-order valence-corrected chi connectivity index (χ1v) is 18.0. The summed E-state index contributed by atoms with van der Waals surface area (Å²) >= 11 is 9.93. The monoisotopic (exact) mass is 709 g/mol. The second-order valence-electron chi connectivity index (χ2n) is 13.6. The summed E-state index contributed by atoms with van der Waals surface area (Å²) in [6.07, 6.45) is 3.65. The number of hydrogen-bond donors (Lipinski definition) is 0. The molecule has 7 heteroatoms. The lowest BCUT2D eigenvalue weighted by Crippen LogP contribution is -2.46. The number of halogens is 2. The molecule has 0 unspecified atom stereocenters. The first kappa shape index (κ1) is 32.1. The maximum absolute atomic E-state index is 13.8. The Morgan fingerprint density at radius 1 is 0.766 bits per heavy atom. The molecule has 0 aliphatic carbocycles. The molecule has 5 nitrogen and oxygen atoms in total. The van der Waals surface area contributed by atoms with E-state index in [1.165, 1.54) is 22.3 Å². The minimum Gasteiger partial charge on any atom is -0.338 e. The van der Waals surface area contributed by atoms with Gasteiger partial charge in [-0.3, -0.25) is 9.59 Å². The van der Waals surface area contributed by atoms with Gasteiger partial charge in [0, 0.05) is 43.1 Å². The molecule has 0 aromatic heterocycles. The van der Waals surface area contributed by atoms with Crippen LogP contribution in [0.2, 0.25) is 5.02 Å². The summed E-state index contributed by atoms with van der Waals surface area (Å²) in [4.78, 5) is 34.0. The third kappa shape index (κ3) is 7.06. The first-order valence-electron chi connectivity index (χ1n) is 16.8. The molecule has 0 saturated carbocycles. The molecule has 3 fully saturated rings. The second-order valence-corrected chi connectivity index (χ2v) is 15.0. The maximum Gasteiger partial charge on any atom is 0.255 e. The van der Waals surface area contributed by atoms with E-state index in [2.05, 4.69) is 98.5 Å². The Bertz CT molecular complexity index is 1700. The van der Waals surface area contributed by atoms with Crippen molar-refractivity contribution in [1.82, 2.24) is 14.7 Å². The van der Waals surface area contributed by atoms with Gasteiger partial charge in [-0.25, -0.2) is 0 Å². The van der Waals surface area contributed by atoms with Crippen LogP contribution in [0.25, 0.3) is 0 Å². The summed E-state index contributed by atoms with van der Waals surface area (Å²) < 4.78 is 1.09. The van der Waals surface area contributed by atoms with E-state index in [0.717, 1.165) is 56.3 Å². The summed E-state index contributed by atoms with van der Waals surface area (Å²) in [6.45, 7) is 5.67. The molecule has 1 spiro atoms. The topological polar surface area (TPSA) is 43.9 Å². The zero-order valence-corrected chi connectivity index (χ0v) is 29.0. The van der Waals surface area contributed by atoms with Crippen molar-refractivity contribution in [3.8, 4) is 0 Å². The number of carbonyl (C=O) groups is 2. The molecule has 0 radical (unpaired) electrons. The summed E-state index contributed by atoms with van der Waals surface area (Å²) in [6, 6.07) is 35.2. The van der Waals surface area contributed by atoms with Crippen LogP contribution in [-0.2, 0) is 17.8 Å². The first-order chi connectivity index (χ1) is 22.9. The van der Waals surface area contributed by atoms with E-state index in [-0.39, 0.29) is 17.2 Å². The quantitative estimate of drug-likeness (QED) is 0.186. The van der Waals surface area contributed by atoms with E-state index in [1.807, 2.05) is 29.2 Å². The molecule has 3 saturated heterocycles. The van der Waals surface area contributed by atoms with Crippen LogP contribution in [0.1, 0.15) is 57.8 Å². The largest absolute Gasteiger partial charge is 0.338 e. The molecule has 0 N–H and O–H groups in total. The molecule has 7 rings (SSSR count). The summed E-state index contributed by atoms with van der Waals surface area (Å²) in [5.41, 5.74) is 5.37. The molecule has 242 valence electrons. The zero-order chi connectivity index (χ0) is 32.4. The Kier molecular flexibility index (Phi) is 9.54. The fourth-order valence-electron chi connectivity index (χ4n) is 7.93. The SMILES string of the molecule is O=C(c1ccccc1Cl)N1C[C@H](CN2CCC3(CC2)CCN(Cc2ccc(Cc4ccc(Br)cc4)cc2)C3=O)[C@@H](c2ccccc2)C1. The number of benzene rings is 4. The van der Waals surface area contributed by atoms with Crippen LogP contribution in [0.3, 0.4) is 0 Å². The van der Waals surface area contributed by atoms with Gasteiger partial charge in [-0.15, -0.1) is 0 Å². The van der Waals surface area contributed by atoms with Gasteiger partial charge in [-0.2, -0.15) is 0 Å². The van der Waals surface area contributed by atoms with Crippen molar-refractivity contribution >= 4 is 39.3 Å². The van der Waals surface area contributed by atoms with Crippen molar-refractivity contribution in [1.29, 1.82) is 0 Å². The zero-order valence-electron chi connectivity index (χ0n) is 26.7. The van der Waals surface area contributed by atoms with Crippen LogP contribution in [0.5, 0.6) is 0 Å². The Morgan fingerprint density at radius 3 is 2.09 bits per heavy atom. The van der Waals surface area contributed by atoms with Crippen molar-refractivity contribution < 1.29 is 9.59 Å². The van der Waals surface area contributed by atoms with Crippen LogP contribution in [0, 0.1) is 11.3 Å². The van der Waals surface area contributed by atoms with Crippen LogP contribution < -0.4 is 0 Å². The average molecular weight is 711 g/mol. The van der Waals surface area contributed by atoms with Gasteiger partial charge in [0.1, 0.15) is 0 Å². The highest BCUT2D eigenvalue weighted by Gasteiger charge is 2.48. The molecule has 4 aromatic carbocycles. The fraction of sp³-hybridized carbons (Fsp3) is 0.350. The lowest BCUT2D eigenvalue weighted by Gasteiger charge is -2.39. The van der Waals surface area contributed by atoms with Crippen molar-refractivity contribution in [3.05, 3.63) is 140 Å². The third-order valence-corrected chi connectivity index (χ3v) is 11.5. The number of carbonyl (C=O) groups excluding carboxylic acids is 2. The van der Waals surface area contributed by atoms with Crippen molar-refractivity contribution in [2.45, 2.75) is 38.1 Å². The van der Waals surface area contributed by atoms with Crippen LogP contribution in [0.4, 0.5) is 0 Å². The number of amides is 2. The van der Waals surface area contributed by atoms with E-state index < -0.39 is 0 Å². The normalized spacial score (nSPS) is 21.1. The van der Waals surface area contributed by atoms with E-state index in [0.29, 0.717) is 42.0 Å². The van der Waals surface area contributed by atoms with E-state index in [9.17, 15) is 9.59 Å². The van der Waals surface area contributed by atoms with Crippen molar-refractivity contribution in [2.24, 2.45) is 11.3 Å². The minimum atomic E-state index is -0.238. The van der Waals surface area contributed by atoms with Crippen molar-refractivity contribution in [2.75, 3.05) is 39.3 Å². The van der Waals surface area contributed by atoms with Crippen molar-refractivity contribution in [3.63, 3.8) is 0 Å². The van der Waals surface area contributed by atoms with Gasteiger partial charge in [0.15, 0.2) is 0 Å². The molecule has 0 bridgehead atoms. The van der Waals surface area contributed by atoms with Gasteiger partial charge in [-0.05, 0) is 91.2 Å². The highest BCUT2D eigenvalue weighted by atomic mass is 79.9. The second kappa shape index (κ2) is 14.0. The molecule has 2 atom stereocenters. The van der Waals surface area contributed by atoms with Gasteiger partial charge in [0.05, 0.1) is 16.0 Å². The summed E-state index contributed by atoms with van der Waals surface area (Å²) in [5.74, 6) is 0.923. The lowest BCUT2D eigenvalue weighted by atomic mass is 9.76. The summed E-state index contributed by atoms with van der Waals surface area (Å²) in [7, 11) is 0. The number of likely N-dealkylation sites (tertiary alicyclic amines) is 3. The standard InChI is InChI=1S/C40H41BrClN3O2/c41-34-16-14-30(15-17-34)24-29-10-12-31(13-11-29)25-44-23-20-40(39(44)47)18-21-43(22-19-40)26-33-27-45(28-36(33)32-6-2-1-3-7-32)38(46)35-8-4-5-9-37(35)42/h1-17,33,36H,18-28H2/t33-,36+/m0/s1. The highest BCUT2D eigenvalue weighted by molar-refractivity contribution is 9.10. The Hall–Kier alpha value is -3.45. The van der Waals surface area contributed by atoms with Gasteiger partial charge in [-0.1, -0.05) is 106 Å². The van der Waals surface area contributed by atoms with Crippen LogP contribution in [0.15, 0.2) is 108 Å². The average Bonchev–Trinajstić information content (AvgIpc) is 3.65. The predicted molar refractivity (Wildman–Crippen MR) is 192 cm³/mol. The van der Waals surface area contributed by atoms with Gasteiger partial charge >= 0.3 is 0 Å². The minimum absolute atomic E-state index is 0.00695. The molecule has 3 heterocycles. The van der Waals surface area contributed by atoms with Gasteiger partial charge in [0.25, 0.3) is 5.91 Å². The Labute approximate surface area is 291 Å². The van der Waals surface area contributed by atoms with E-state index >= 15 is 0 Å². The Balaban J connectivity index is 0.957. The molecule has 4 aromatic rings. The van der Waals surface area contributed by atoms with E-state index in [4.69, 9.17) is 11.6 Å². The number of nitrogens with zero attached hydrogens (tertiary/aromatic N) is 3. The lowest BCUT2D eigenvalue weighted by molar-refractivity contribution is -0.139. The van der Waals surface area contributed by atoms with Gasteiger partial charge in [0.2, 0.25) is 5.91 Å². The van der Waals surface area contributed by atoms with E-state index in [1.54, 1.807) is 6.07 Å². The number of rotatable bonds is 8. The number of hydrogen-bond acceptors (Lipinski definition) is 3. The maximum atomic E-state index is 13.8. The predicted octanol–water partition coefficient (Wildman–Crippen LogP) is 8.06. The molecule has 3 aliphatic rings. The molecular weight excluding hydrogens is 670 g/mol. The molecular formula is C40H41BrClN3O2. The highest BCUT2D eigenvalue weighted by Crippen LogP contribution is 2.43. The fourth-order valence-corrected chi connectivity index (χ4v) is 8.41. The summed E-state index contributed by atoms with van der Waals surface area (Å²) in [5, 5.41) is 0.502. The Morgan fingerprint density at radius 2 is 1.38 bits per heavy atom. The molecule has 47 heavy (non-hydrogen) atoms. The van der Waals surface area contributed by atoms with Crippen LogP contribution >= 0.6 is 27.5 Å². The number of piperidine rings is 1. The molecule has 3 aliphatic heterocycles. The third-order valence-electron chi connectivity index (χ3n) is 10.7. The van der Waals surface area contributed by atoms with Crippen LogP contribution in [-0.4, -0.2) is 65.8 Å². The molecule has 2 amide bonds.